The average Bonchev–Trinajstić information content (AvgIpc) is 2.51. The number of nitrogens with one attached hydrogen (secondary N) is 1. The molecule has 1 aromatic carbocycles. The van der Waals surface area contributed by atoms with E-state index in [1.807, 2.05) is 12.1 Å². The molecule has 1 fully saturated rings. The van der Waals surface area contributed by atoms with Crippen molar-refractivity contribution in [2.24, 2.45) is 0 Å². The van der Waals surface area contributed by atoms with Gasteiger partial charge in [0, 0.05) is 25.2 Å². The first-order valence-electron chi connectivity index (χ1n) is 7.11. The Balaban J connectivity index is 1.66. The van der Waals surface area contributed by atoms with E-state index in [1.165, 1.54) is 0 Å². The summed E-state index contributed by atoms with van der Waals surface area (Å²) in [5, 5.41) is 3.82. The SMILES string of the molecule is CN(CCCOc1cccc(Cl)c1)C(=O)[C@@H]1COCCN1. The second-order valence-corrected chi connectivity index (χ2v) is 5.44. The molecule has 1 heterocycles. The number of morpholine rings is 1. The van der Waals surface area contributed by atoms with Crippen LogP contribution in [0.5, 0.6) is 5.75 Å². The van der Waals surface area contributed by atoms with Crippen LogP contribution in [0.15, 0.2) is 24.3 Å². The van der Waals surface area contributed by atoms with Crippen LogP contribution in [0.4, 0.5) is 0 Å². The van der Waals surface area contributed by atoms with Crippen LogP contribution in [0, 0.1) is 0 Å². The molecule has 6 heteroatoms. The predicted octanol–water partition coefficient (Wildman–Crippen LogP) is 1.56. The Morgan fingerprint density at radius 3 is 3.14 bits per heavy atom. The van der Waals surface area contributed by atoms with Crippen LogP contribution in [-0.4, -0.2) is 56.8 Å². The van der Waals surface area contributed by atoms with Crippen molar-refractivity contribution < 1.29 is 14.3 Å². The second-order valence-electron chi connectivity index (χ2n) is 5.00. The van der Waals surface area contributed by atoms with Crippen LogP contribution in [-0.2, 0) is 9.53 Å². The fraction of sp³-hybridized carbons (Fsp3) is 0.533. The van der Waals surface area contributed by atoms with Crippen molar-refractivity contribution in [1.29, 1.82) is 0 Å². The first kappa shape index (κ1) is 16.1. The molecular formula is C15H21ClN2O3. The maximum absolute atomic E-state index is 12.1. The highest BCUT2D eigenvalue weighted by molar-refractivity contribution is 6.30. The van der Waals surface area contributed by atoms with Gasteiger partial charge < -0.3 is 19.7 Å². The van der Waals surface area contributed by atoms with Gasteiger partial charge in [-0.15, -0.1) is 0 Å². The number of halogens is 1. The zero-order valence-electron chi connectivity index (χ0n) is 12.2. The number of likely N-dealkylation sites (N-methyl/N-ethyl adjacent to an activating group) is 1. The minimum absolute atomic E-state index is 0.0671. The number of hydrogen-bond donors (Lipinski definition) is 1. The predicted molar refractivity (Wildman–Crippen MR) is 81.8 cm³/mol. The minimum atomic E-state index is -0.224. The van der Waals surface area contributed by atoms with Gasteiger partial charge >= 0.3 is 0 Å². The summed E-state index contributed by atoms with van der Waals surface area (Å²) < 4.78 is 10.9. The Hall–Kier alpha value is -1.30. The lowest BCUT2D eigenvalue weighted by Gasteiger charge is -2.27. The normalized spacial score (nSPS) is 18.3. The van der Waals surface area contributed by atoms with Crippen molar-refractivity contribution >= 4 is 17.5 Å². The van der Waals surface area contributed by atoms with Gasteiger partial charge in [-0.3, -0.25) is 4.79 Å². The van der Waals surface area contributed by atoms with E-state index in [9.17, 15) is 4.79 Å². The number of amides is 1. The van der Waals surface area contributed by atoms with Crippen LogP contribution in [0.1, 0.15) is 6.42 Å². The van der Waals surface area contributed by atoms with Crippen LogP contribution in [0.2, 0.25) is 5.02 Å². The molecule has 0 aliphatic carbocycles. The number of rotatable bonds is 6. The number of benzene rings is 1. The molecule has 1 amide bonds. The molecule has 1 aliphatic heterocycles. The molecule has 1 saturated heterocycles. The molecule has 0 aromatic heterocycles. The third kappa shape index (κ3) is 5.19. The number of carbonyl (C=O) groups is 1. The third-order valence-electron chi connectivity index (χ3n) is 3.30. The Morgan fingerprint density at radius 2 is 2.43 bits per heavy atom. The van der Waals surface area contributed by atoms with E-state index in [4.69, 9.17) is 21.1 Å². The Labute approximate surface area is 130 Å². The summed E-state index contributed by atoms with van der Waals surface area (Å²) in [7, 11) is 1.80. The maximum atomic E-state index is 12.1. The van der Waals surface area contributed by atoms with E-state index in [2.05, 4.69) is 5.32 Å². The highest BCUT2D eigenvalue weighted by atomic mass is 35.5. The first-order valence-corrected chi connectivity index (χ1v) is 7.49. The van der Waals surface area contributed by atoms with Gasteiger partial charge in [-0.1, -0.05) is 17.7 Å². The summed E-state index contributed by atoms with van der Waals surface area (Å²) in [6, 6.07) is 7.07. The minimum Gasteiger partial charge on any atom is -0.493 e. The van der Waals surface area contributed by atoms with Gasteiger partial charge in [0.2, 0.25) is 5.91 Å². The lowest BCUT2D eigenvalue weighted by Crippen LogP contribution is -2.51. The van der Waals surface area contributed by atoms with Crippen molar-refractivity contribution in [3.8, 4) is 5.75 Å². The molecule has 5 nitrogen and oxygen atoms in total. The summed E-state index contributed by atoms with van der Waals surface area (Å²) in [6.07, 6.45) is 0.766. The van der Waals surface area contributed by atoms with Crippen molar-refractivity contribution in [2.45, 2.75) is 12.5 Å². The quantitative estimate of drug-likeness (QED) is 0.810. The Bertz CT molecular complexity index is 464. The van der Waals surface area contributed by atoms with Gasteiger partial charge in [0.1, 0.15) is 11.8 Å². The smallest absolute Gasteiger partial charge is 0.241 e. The topological polar surface area (TPSA) is 50.8 Å². The summed E-state index contributed by atoms with van der Waals surface area (Å²) in [5.41, 5.74) is 0. The molecule has 1 atom stereocenters. The molecule has 0 bridgehead atoms. The number of hydrogen-bond acceptors (Lipinski definition) is 4. The zero-order chi connectivity index (χ0) is 15.1. The van der Waals surface area contributed by atoms with Gasteiger partial charge in [0.15, 0.2) is 0 Å². The van der Waals surface area contributed by atoms with Gasteiger partial charge in [0.25, 0.3) is 0 Å². The number of carbonyl (C=O) groups excluding carboxylic acids is 1. The van der Waals surface area contributed by atoms with Crippen LogP contribution in [0.25, 0.3) is 0 Å². The van der Waals surface area contributed by atoms with Crippen LogP contribution in [0.3, 0.4) is 0 Å². The van der Waals surface area contributed by atoms with Gasteiger partial charge in [-0.2, -0.15) is 0 Å². The fourth-order valence-corrected chi connectivity index (χ4v) is 2.33. The molecule has 116 valence electrons. The number of ether oxygens (including phenoxy) is 2. The molecule has 0 radical (unpaired) electrons. The lowest BCUT2D eigenvalue weighted by atomic mass is 10.2. The van der Waals surface area contributed by atoms with E-state index in [0.717, 1.165) is 18.7 Å². The van der Waals surface area contributed by atoms with E-state index in [-0.39, 0.29) is 11.9 Å². The highest BCUT2D eigenvalue weighted by Crippen LogP contribution is 2.17. The monoisotopic (exact) mass is 312 g/mol. The largest absolute Gasteiger partial charge is 0.493 e. The maximum Gasteiger partial charge on any atom is 0.241 e. The molecule has 0 spiro atoms. The van der Waals surface area contributed by atoms with Gasteiger partial charge in [0.05, 0.1) is 19.8 Å². The molecule has 0 unspecified atom stereocenters. The first-order chi connectivity index (χ1) is 10.2. The van der Waals surface area contributed by atoms with E-state index < -0.39 is 0 Å². The number of nitrogens with zero attached hydrogens (tertiary/aromatic N) is 1. The Kier molecular flexibility index (Phi) is 6.29. The van der Waals surface area contributed by atoms with Crippen molar-refractivity contribution in [3.05, 3.63) is 29.3 Å². The van der Waals surface area contributed by atoms with Crippen LogP contribution >= 0.6 is 11.6 Å². The summed E-state index contributed by atoms with van der Waals surface area (Å²) in [5.74, 6) is 0.816. The van der Waals surface area contributed by atoms with E-state index in [0.29, 0.717) is 31.4 Å². The van der Waals surface area contributed by atoms with Gasteiger partial charge in [-0.05, 0) is 24.6 Å². The van der Waals surface area contributed by atoms with Gasteiger partial charge in [-0.25, -0.2) is 0 Å². The van der Waals surface area contributed by atoms with E-state index in [1.54, 1.807) is 24.1 Å². The fourth-order valence-electron chi connectivity index (χ4n) is 2.15. The van der Waals surface area contributed by atoms with E-state index >= 15 is 0 Å². The summed E-state index contributed by atoms with van der Waals surface area (Å²) >= 11 is 5.88. The molecule has 1 aliphatic rings. The van der Waals surface area contributed by atoms with Crippen molar-refractivity contribution in [2.75, 3.05) is 40.0 Å². The second kappa shape index (κ2) is 8.22. The van der Waals surface area contributed by atoms with Crippen molar-refractivity contribution in [3.63, 3.8) is 0 Å². The molecule has 0 saturated carbocycles. The molecule has 1 N–H and O–H groups in total. The summed E-state index contributed by atoms with van der Waals surface area (Å²) in [6.45, 7) is 3.04. The standard InChI is InChI=1S/C15H21ClN2O3/c1-18(15(19)14-11-20-9-6-17-14)7-3-8-21-13-5-2-4-12(16)10-13/h2,4-5,10,14,17H,3,6-9,11H2,1H3/t14-/m0/s1. The zero-order valence-corrected chi connectivity index (χ0v) is 12.9. The molecule has 2 rings (SSSR count). The summed E-state index contributed by atoms with van der Waals surface area (Å²) in [4.78, 5) is 13.8. The highest BCUT2D eigenvalue weighted by Gasteiger charge is 2.23. The molecular weight excluding hydrogens is 292 g/mol. The molecule has 1 aromatic rings. The molecule has 21 heavy (non-hydrogen) atoms. The lowest BCUT2D eigenvalue weighted by molar-refractivity contribution is -0.135. The Morgan fingerprint density at radius 1 is 1.57 bits per heavy atom. The van der Waals surface area contributed by atoms with Crippen molar-refractivity contribution in [1.82, 2.24) is 10.2 Å². The average molecular weight is 313 g/mol. The third-order valence-corrected chi connectivity index (χ3v) is 3.53. The van der Waals surface area contributed by atoms with Crippen LogP contribution < -0.4 is 10.1 Å².